The highest BCUT2D eigenvalue weighted by Gasteiger charge is 2.13. The topological polar surface area (TPSA) is 64.7 Å². The van der Waals surface area contributed by atoms with Crippen molar-refractivity contribution in [1.82, 2.24) is 9.47 Å². The molecule has 136 valence electrons. The van der Waals surface area contributed by atoms with Gasteiger partial charge in [-0.2, -0.15) is 0 Å². The summed E-state index contributed by atoms with van der Waals surface area (Å²) in [6.07, 6.45) is 0.227. The molecule has 26 heavy (non-hydrogen) atoms. The summed E-state index contributed by atoms with van der Waals surface area (Å²) < 4.78 is 12.3. The standard InChI is InChI=1S/C20H22N2O4/c1-15-6-5-7-16(14-15)25-13-12-21(2)19(23)10-11-22-17-8-3-4-9-18(17)26-20(22)24/h3-9,14H,10-13H2,1-2H3. The SMILES string of the molecule is Cc1cccc(OCCN(C)C(=O)CCn2c(=O)oc3ccccc32)c1. The molecular formula is C20H22N2O4. The van der Waals surface area contributed by atoms with Crippen LogP contribution in [-0.4, -0.2) is 35.6 Å². The Bertz CT molecular complexity index is 958. The Morgan fingerprint density at radius 2 is 2.00 bits per heavy atom. The van der Waals surface area contributed by atoms with Gasteiger partial charge in [0.05, 0.1) is 12.1 Å². The largest absolute Gasteiger partial charge is 0.492 e. The van der Waals surface area contributed by atoms with Crippen LogP contribution in [0.1, 0.15) is 12.0 Å². The minimum absolute atomic E-state index is 0.0463. The first-order valence-electron chi connectivity index (χ1n) is 8.56. The van der Waals surface area contributed by atoms with Gasteiger partial charge in [-0.05, 0) is 36.8 Å². The van der Waals surface area contributed by atoms with Crippen molar-refractivity contribution in [1.29, 1.82) is 0 Å². The van der Waals surface area contributed by atoms with E-state index in [0.29, 0.717) is 24.3 Å². The maximum Gasteiger partial charge on any atom is 0.419 e. The molecule has 1 amide bonds. The number of ether oxygens (including phenoxy) is 1. The van der Waals surface area contributed by atoms with Crippen molar-refractivity contribution in [3.05, 3.63) is 64.6 Å². The molecule has 3 rings (SSSR count). The molecule has 3 aromatic rings. The highest BCUT2D eigenvalue weighted by Crippen LogP contribution is 2.13. The van der Waals surface area contributed by atoms with Gasteiger partial charge in [-0.3, -0.25) is 9.36 Å². The van der Waals surface area contributed by atoms with Gasteiger partial charge in [0.15, 0.2) is 5.58 Å². The van der Waals surface area contributed by atoms with Crippen molar-refractivity contribution in [2.45, 2.75) is 19.9 Å². The number of aromatic nitrogens is 1. The van der Waals surface area contributed by atoms with E-state index in [9.17, 15) is 9.59 Å². The zero-order valence-electron chi connectivity index (χ0n) is 15.0. The van der Waals surface area contributed by atoms with Crippen molar-refractivity contribution < 1.29 is 13.9 Å². The fraction of sp³-hybridized carbons (Fsp3) is 0.300. The Balaban J connectivity index is 1.51. The summed E-state index contributed by atoms with van der Waals surface area (Å²) in [5.74, 6) is 0.307. The van der Waals surface area contributed by atoms with E-state index in [1.807, 2.05) is 49.4 Å². The molecule has 0 fully saturated rings. The lowest BCUT2D eigenvalue weighted by Gasteiger charge is -2.17. The first-order valence-corrected chi connectivity index (χ1v) is 8.56. The Morgan fingerprint density at radius 3 is 2.81 bits per heavy atom. The van der Waals surface area contributed by atoms with Crippen molar-refractivity contribution in [2.75, 3.05) is 20.2 Å². The summed E-state index contributed by atoms with van der Waals surface area (Å²) in [5, 5.41) is 0. The van der Waals surface area contributed by atoms with E-state index >= 15 is 0 Å². The maximum absolute atomic E-state index is 12.3. The monoisotopic (exact) mass is 354 g/mol. The molecule has 0 aliphatic heterocycles. The van der Waals surface area contributed by atoms with Gasteiger partial charge < -0.3 is 14.1 Å². The molecule has 0 aliphatic carbocycles. The molecule has 0 aliphatic rings. The Labute approximate surface area is 151 Å². The number of rotatable bonds is 7. The van der Waals surface area contributed by atoms with Crippen LogP contribution < -0.4 is 10.5 Å². The zero-order chi connectivity index (χ0) is 18.5. The fourth-order valence-corrected chi connectivity index (χ4v) is 2.75. The van der Waals surface area contributed by atoms with Crippen molar-refractivity contribution in [3.63, 3.8) is 0 Å². The third-order valence-corrected chi connectivity index (χ3v) is 4.23. The van der Waals surface area contributed by atoms with Crippen molar-refractivity contribution >= 4 is 17.0 Å². The number of amides is 1. The number of hydrogen-bond acceptors (Lipinski definition) is 4. The lowest BCUT2D eigenvalue weighted by Crippen LogP contribution is -2.32. The van der Waals surface area contributed by atoms with Gasteiger partial charge >= 0.3 is 5.76 Å². The molecule has 1 aromatic heterocycles. The number of hydrogen-bond donors (Lipinski definition) is 0. The highest BCUT2D eigenvalue weighted by molar-refractivity contribution is 5.76. The number of fused-ring (bicyclic) bond motifs is 1. The summed E-state index contributed by atoms with van der Waals surface area (Å²) in [6, 6.07) is 15.0. The van der Waals surface area contributed by atoms with Gasteiger partial charge in [0.1, 0.15) is 12.4 Å². The third-order valence-electron chi connectivity index (χ3n) is 4.23. The quantitative estimate of drug-likeness (QED) is 0.654. The summed E-state index contributed by atoms with van der Waals surface area (Å²) >= 11 is 0. The van der Waals surface area contributed by atoms with Crippen LogP contribution >= 0.6 is 0 Å². The fourth-order valence-electron chi connectivity index (χ4n) is 2.75. The molecule has 0 N–H and O–H groups in total. The number of likely N-dealkylation sites (N-methyl/N-ethyl adjacent to an activating group) is 1. The number of nitrogens with zero attached hydrogens (tertiary/aromatic N) is 2. The predicted molar refractivity (Wildman–Crippen MR) is 99.4 cm³/mol. The summed E-state index contributed by atoms with van der Waals surface area (Å²) in [4.78, 5) is 25.8. The molecular weight excluding hydrogens is 332 g/mol. The van der Waals surface area contributed by atoms with E-state index in [1.165, 1.54) is 4.57 Å². The number of para-hydroxylation sites is 2. The lowest BCUT2D eigenvalue weighted by molar-refractivity contribution is -0.130. The van der Waals surface area contributed by atoms with E-state index in [1.54, 1.807) is 18.0 Å². The summed E-state index contributed by atoms with van der Waals surface area (Å²) in [7, 11) is 1.73. The molecule has 0 saturated carbocycles. The zero-order valence-corrected chi connectivity index (χ0v) is 15.0. The molecule has 0 radical (unpaired) electrons. The van der Waals surface area contributed by atoms with Gasteiger partial charge in [-0.25, -0.2) is 4.79 Å². The predicted octanol–water partition coefficient (Wildman–Crippen LogP) is 2.83. The van der Waals surface area contributed by atoms with Crippen LogP contribution in [0.25, 0.3) is 11.1 Å². The van der Waals surface area contributed by atoms with Crippen LogP contribution in [0, 0.1) is 6.92 Å². The molecule has 2 aromatic carbocycles. The second kappa shape index (κ2) is 7.91. The number of carbonyl (C=O) groups is 1. The second-order valence-electron chi connectivity index (χ2n) is 6.22. The molecule has 6 nitrogen and oxygen atoms in total. The number of aryl methyl sites for hydroxylation is 2. The third kappa shape index (κ3) is 4.14. The van der Waals surface area contributed by atoms with Crippen LogP contribution in [0.4, 0.5) is 0 Å². The van der Waals surface area contributed by atoms with Crippen molar-refractivity contribution in [2.24, 2.45) is 0 Å². The van der Waals surface area contributed by atoms with Gasteiger partial charge in [-0.1, -0.05) is 24.3 Å². The molecule has 6 heteroatoms. The molecule has 0 atom stereocenters. The Morgan fingerprint density at radius 1 is 1.19 bits per heavy atom. The maximum atomic E-state index is 12.3. The Kier molecular flexibility index (Phi) is 5.41. The normalized spacial score (nSPS) is 10.8. The molecule has 0 saturated heterocycles. The van der Waals surface area contributed by atoms with Crippen LogP contribution in [0.15, 0.2) is 57.7 Å². The smallest absolute Gasteiger partial charge is 0.419 e. The first kappa shape index (κ1) is 17.8. The average molecular weight is 354 g/mol. The van der Waals surface area contributed by atoms with Crippen LogP contribution in [0.3, 0.4) is 0 Å². The van der Waals surface area contributed by atoms with Gasteiger partial charge in [0, 0.05) is 20.0 Å². The number of benzene rings is 2. The van der Waals surface area contributed by atoms with Crippen LogP contribution in [0.2, 0.25) is 0 Å². The van der Waals surface area contributed by atoms with E-state index in [2.05, 4.69) is 0 Å². The van der Waals surface area contributed by atoms with Crippen LogP contribution in [0.5, 0.6) is 5.75 Å². The average Bonchev–Trinajstić information content (AvgIpc) is 2.94. The van der Waals surface area contributed by atoms with Crippen molar-refractivity contribution in [3.8, 4) is 5.75 Å². The van der Waals surface area contributed by atoms with Gasteiger partial charge in [0.25, 0.3) is 0 Å². The van der Waals surface area contributed by atoms with E-state index in [0.717, 1.165) is 11.3 Å². The Hall–Kier alpha value is -3.02. The summed E-state index contributed by atoms with van der Waals surface area (Å²) in [5.41, 5.74) is 2.37. The first-order chi connectivity index (χ1) is 12.5. The highest BCUT2D eigenvalue weighted by atomic mass is 16.5. The molecule has 0 unspecified atom stereocenters. The van der Waals surface area contributed by atoms with E-state index < -0.39 is 5.76 Å². The van der Waals surface area contributed by atoms with Crippen LogP contribution in [-0.2, 0) is 11.3 Å². The minimum atomic E-state index is -0.440. The summed E-state index contributed by atoms with van der Waals surface area (Å²) in [6.45, 7) is 3.19. The van der Waals surface area contributed by atoms with E-state index in [-0.39, 0.29) is 18.9 Å². The lowest BCUT2D eigenvalue weighted by atomic mass is 10.2. The molecule has 1 heterocycles. The van der Waals surface area contributed by atoms with E-state index in [4.69, 9.17) is 9.15 Å². The number of oxazole rings is 1. The molecule has 0 spiro atoms. The number of carbonyl (C=O) groups excluding carboxylic acids is 1. The van der Waals surface area contributed by atoms with Gasteiger partial charge in [0.2, 0.25) is 5.91 Å². The minimum Gasteiger partial charge on any atom is -0.492 e. The van der Waals surface area contributed by atoms with Gasteiger partial charge in [-0.15, -0.1) is 0 Å². The second-order valence-corrected chi connectivity index (χ2v) is 6.22. The molecule has 0 bridgehead atoms.